The molecule has 0 spiro atoms. The highest BCUT2D eigenvalue weighted by atomic mass is 16.4. The average Bonchev–Trinajstić information content (AvgIpc) is 2.34. The Balaban J connectivity index is 3.11. The van der Waals surface area contributed by atoms with Crippen LogP contribution in [0, 0.1) is 0 Å². The van der Waals surface area contributed by atoms with Crippen molar-refractivity contribution in [3.05, 3.63) is 23.9 Å². The molecule has 1 heterocycles. The van der Waals surface area contributed by atoms with Crippen LogP contribution < -0.4 is 5.73 Å². The van der Waals surface area contributed by atoms with Crippen molar-refractivity contribution in [2.45, 2.75) is 6.42 Å². The zero-order valence-corrected chi connectivity index (χ0v) is 6.37. The Bertz CT molecular complexity index is 316. The maximum absolute atomic E-state index is 10.5. The second kappa shape index (κ2) is 3.08. The second-order valence-electron chi connectivity index (χ2n) is 2.26. The predicted molar refractivity (Wildman–Crippen MR) is 43.9 cm³/mol. The smallest absolute Gasteiger partial charge is 0.356 e. The van der Waals surface area contributed by atoms with E-state index >= 15 is 0 Å². The molecule has 5 heteroatoms. The second-order valence-corrected chi connectivity index (χ2v) is 2.26. The number of hydrogen-bond acceptors (Lipinski definition) is 3. The highest BCUT2D eigenvalue weighted by molar-refractivity contribution is 5.88. The first-order valence-corrected chi connectivity index (χ1v) is 3.33. The minimum absolute atomic E-state index is 0.0348. The molecule has 1 aromatic rings. The third-order valence-corrected chi connectivity index (χ3v) is 1.45. The number of carbonyl (C=O) groups is 1. The fourth-order valence-electron chi connectivity index (χ4n) is 0.907. The van der Waals surface area contributed by atoms with Gasteiger partial charge in [0.1, 0.15) is 5.82 Å². The first-order valence-electron chi connectivity index (χ1n) is 3.33. The summed E-state index contributed by atoms with van der Waals surface area (Å²) in [7, 11) is 0. The molecule has 0 fully saturated rings. The Morgan fingerprint density at radius 2 is 2.50 bits per heavy atom. The first kappa shape index (κ1) is 8.32. The van der Waals surface area contributed by atoms with Gasteiger partial charge >= 0.3 is 5.97 Å². The summed E-state index contributed by atoms with van der Waals surface area (Å²) in [6, 6.07) is 0. The van der Waals surface area contributed by atoms with Crippen LogP contribution in [0.1, 0.15) is 16.1 Å². The van der Waals surface area contributed by atoms with E-state index in [9.17, 15) is 4.79 Å². The van der Waals surface area contributed by atoms with Crippen molar-refractivity contribution in [1.82, 2.24) is 10.2 Å². The highest BCUT2D eigenvalue weighted by Gasteiger charge is 2.15. The zero-order chi connectivity index (χ0) is 9.14. The van der Waals surface area contributed by atoms with E-state index in [0.717, 1.165) is 0 Å². The molecule has 0 saturated heterocycles. The van der Waals surface area contributed by atoms with Gasteiger partial charge in [0, 0.05) is 5.56 Å². The van der Waals surface area contributed by atoms with Gasteiger partial charge in [0.15, 0.2) is 5.69 Å². The molecule has 0 bridgehead atoms. The molecule has 1 aromatic heterocycles. The summed E-state index contributed by atoms with van der Waals surface area (Å²) in [4.78, 5) is 10.5. The lowest BCUT2D eigenvalue weighted by Gasteiger charge is -1.93. The SMILES string of the molecule is C=CCc1c(C(=O)O)n[nH]c1N. The fourth-order valence-corrected chi connectivity index (χ4v) is 0.907. The summed E-state index contributed by atoms with van der Waals surface area (Å²) in [5.41, 5.74) is 5.89. The molecule has 0 aliphatic heterocycles. The van der Waals surface area contributed by atoms with Gasteiger partial charge in [-0.1, -0.05) is 6.08 Å². The number of hydrogen-bond donors (Lipinski definition) is 3. The van der Waals surface area contributed by atoms with Gasteiger partial charge in [-0.3, -0.25) is 5.10 Å². The van der Waals surface area contributed by atoms with Gasteiger partial charge in [0.25, 0.3) is 0 Å². The molecule has 0 aliphatic carbocycles. The number of nitrogens with two attached hydrogens (primary N) is 1. The van der Waals surface area contributed by atoms with E-state index in [1.165, 1.54) is 0 Å². The van der Waals surface area contributed by atoms with Gasteiger partial charge in [0.05, 0.1) is 0 Å². The topological polar surface area (TPSA) is 92.0 Å². The van der Waals surface area contributed by atoms with Crippen LogP contribution in [0.25, 0.3) is 0 Å². The molecule has 0 radical (unpaired) electrons. The number of anilines is 1. The van der Waals surface area contributed by atoms with Crippen LogP contribution in [0.3, 0.4) is 0 Å². The van der Waals surface area contributed by atoms with Crippen LogP contribution in [0.2, 0.25) is 0 Å². The van der Waals surface area contributed by atoms with E-state index < -0.39 is 5.97 Å². The van der Waals surface area contributed by atoms with E-state index in [0.29, 0.717) is 12.0 Å². The summed E-state index contributed by atoms with van der Waals surface area (Å²) in [5, 5.41) is 14.6. The number of aromatic nitrogens is 2. The van der Waals surface area contributed by atoms with Gasteiger partial charge in [0.2, 0.25) is 0 Å². The summed E-state index contributed by atoms with van der Waals surface area (Å²) >= 11 is 0. The molecule has 0 amide bonds. The van der Waals surface area contributed by atoms with E-state index in [2.05, 4.69) is 16.8 Å². The Labute approximate surface area is 68.9 Å². The number of nitrogens with one attached hydrogen (secondary N) is 1. The zero-order valence-electron chi connectivity index (χ0n) is 6.37. The fraction of sp³-hybridized carbons (Fsp3) is 0.143. The van der Waals surface area contributed by atoms with Crippen molar-refractivity contribution in [1.29, 1.82) is 0 Å². The standard InChI is InChI=1S/C7H9N3O2/c1-2-3-4-5(7(11)12)9-10-6(4)8/h2H,1,3H2,(H,11,12)(H3,8,9,10). The van der Waals surface area contributed by atoms with Crippen molar-refractivity contribution in [3.63, 3.8) is 0 Å². The summed E-state index contributed by atoms with van der Waals surface area (Å²) in [5.74, 6) is -0.799. The number of aromatic carboxylic acids is 1. The maximum Gasteiger partial charge on any atom is 0.356 e. The lowest BCUT2D eigenvalue weighted by molar-refractivity contribution is 0.0689. The van der Waals surface area contributed by atoms with Crippen molar-refractivity contribution >= 4 is 11.8 Å². The average molecular weight is 167 g/mol. The molecule has 0 saturated carbocycles. The summed E-state index contributed by atoms with van der Waals surface area (Å²) in [6.07, 6.45) is 1.98. The number of H-pyrrole nitrogens is 1. The molecule has 0 unspecified atom stereocenters. The maximum atomic E-state index is 10.5. The highest BCUT2D eigenvalue weighted by Crippen LogP contribution is 2.13. The predicted octanol–water partition coefficient (Wildman–Crippen LogP) is 0.419. The van der Waals surface area contributed by atoms with Crippen LogP contribution in [-0.2, 0) is 6.42 Å². The quantitative estimate of drug-likeness (QED) is 0.569. The first-order chi connectivity index (χ1) is 5.66. The molecule has 1 rings (SSSR count). The van der Waals surface area contributed by atoms with Crippen LogP contribution in [0.15, 0.2) is 12.7 Å². The number of allylic oxidation sites excluding steroid dienone is 1. The molecule has 0 aromatic carbocycles. The Morgan fingerprint density at radius 1 is 1.83 bits per heavy atom. The van der Waals surface area contributed by atoms with E-state index in [1.54, 1.807) is 6.08 Å². The van der Waals surface area contributed by atoms with Gasteiger partial charge in [-0.25, -0.2) is 4.79 Å². The number of rotatable bonds is 3. The molecule has 5 nitrogen and oxygen atoms in total. The van der Waals surface area contributed by atoms with Crippen LogP contribution >= 0.6 is 0 Å². The molecule has 0 atom stereocenters. The van der Waals surface area contributed by atoms with E-state index in [-0.39, 0.29) is 11.5 Å². The van der Waals surface area contributed by atoms with Crippen molar-refractivity contribution in [2.24, 2.45) is 0 Å². The van der Waals surface area contributed by atoms with Gasteiger partial charge < -0.3 is 10.8 Å². The summed E-state index contributed by atoms with van der Waals surface area (Å²) < 4.78 is 0. The van der Waals surface area contributed by atoms with Crippen LogP contribution in [0.5, 0.6) is 0 Å². The summed E-state index contributed by atoms with van der Waals surface area (Å²) in [6.45, 7) is 3.49. The van der Waals surface area contributed by atoms with E-state index in [1.807, 2.05) is 0 Å². The van der Waals surface area contributed by atoms with Crippen molar-refractivity contribution in [3.8, 4) is 0 Å². The Kier molecular flexibility index (Phi) is 2.14. The van der Waals surface area contributed by atoms with Gasteiger partial charge in [-0.2, -0.15) is 5.10 Å². The number of aromatic amines is 1. The Hall–Kier alpha value is -1.78. The molecule has 64 valence electrons. The minimum Gasteiger partial charge on any atom is -0.476 e. The van der Waals surface area contributed by atoms with E-state index in [4.69, 9.17) is 10.8 Å². The normalized spacial score (nSPS) is 9.67. The van der Waals surface area contributed by atoms with Crippen molar-refractivity contribution < 1.29 is 9.90 Å². The molecule has 4 N–H and O–H groups in total. The van der Waals surface area contributed by atoms with Gasteiger partial charge in [-0.05, 0) is 6.42 Å². The number of nitrogen functional groups attached to an aromatic ring is 1. The number of nitrogens with zero attached hydrogens (tertiary/aromatic N) is 1. The molecule has 0 aliphatic rings. The third-order valence-electron chi connectivity index (χ3n) is 1.45. The number of carboxylic acid groups (broad SMARTS) is 1. The third kappa shape index (κ3) is 1.29. The monoisotopic (exact) mass is 167 g/mol. The molecular weight excluding hydrogens is 158 g/mol. The Morgan fingerprint density at radius 3 is 3.00 bits per heavy atom. The molecule has 12 heavy (non-hydrogen) atoms. The largest absolute Gasteiger partial charge is 0.476 e. The van der Waals surface area contributed by atoms with Gasteiger partial charge in [-0.15, -0.1) is 6.58 Å². The minimum atomic E-state index is -1.08. The lowest BCUT2D eigenvalue weighted by atomic mass is 10.1. The van der Waals surface area contributed by atoms with Crippen molar-refractivity contribution in [2.75, 3.05) is 5.73 Å². The van der Waals surface area contributed by atoms with Crippen LogP contribution in [0.4, 0.5) is 5.82 Å². The van der Waals surface area contributed by atoms with Crippen LogP contribution in [-0.4, -0.2) is 21.3 Å². The molecular formula is C7H9N3O2. The lowest BCUT2D eigenvalue weighted by Crippen LogP contribution is -2.01. The number of carboxylic acids is 1.